The molecule has 1 aromatic rings. The number of hydrogen-bond donors (Lipinski definition) is 3. The number of amides is 2. The number of sulfonamides is 1. The molecule has 1 aromatic carbocycles. The normalized spacial score (nSPS) is 11.6. The van der Waals surface area contributed by atoms with Gasteiger partial charge in [-0.3, -0.25) is 9.59 Å². The molecule has 7 nitrogen and oxygen atoms in total. The van der Waals surface area contributed by atoms with E-state index in [1.165, 1.54) is 18.2 Å². The van der Waals surface area contributed by atoms with Crippen LogP contribution < -0.4 is 15.8 Å². The highest BCUT2D eigenvalue weighted by Gasteiger charge is 2.35. The Bertz CT molecular complexity index is 709. The Morgan fingerprint density at radius 3 is 2.21 bits per heavy atom. The number of carbonyl (C=O) groups excluding carboxylic acids is 2. The maximum atomic E-state index is 12.2. The quantitative estimate of drug-likeness (QED) is 0.461. The second-order valence-corrected chi connectivity index (χ2v) is 7.38. The van der Waals surface area contributed by atoms with E-state index in [1.807, 2.05) is 0 Å². The zero-order chi connectivity index (χ0) is 18.4. The van der Waals surface area contributed by atoms with Crippen molar-refractivity contribution in [3.05, 3.63) is 42.5 Å². The molecule has 0 radical (unpaired) electrons. The van der Waals surface area contributed by atoms with E-state index in [4.69, 9.17) is 5.14 Å². The second kappa shape index (κ2) is 8.07. The maximum absolute atomic E-state index is 12.2. The molecule has 0 aliphatic rings. The molecule has 0 heterocycles. The van der Waals surface area contributed by atoms with Crippen LogP contribution in [0.1, 0.15) is 19.4 Å². The van der Waals surface area contributed by atoms with Crippen LogP contribution in [0, 0.1) is 5.41 Å². The number of rotatable bonds is 8. The van der Waals surface area contributed by atoms with Crippen LogP contribution in [0.15, 0.2) is 41.8 Å². The van der Waals surface area contributed by atoms with E-state index >= 15 is 0 Å². The van der Waals surface area contributed by atoms with Gasteiger partial charge in [-0.2, -0.15) is 0 Å². The molecule has 4 N–H and O–H groups in total. The summed E-state index contributed by atoms with van der Waals surface area (Å²) in [6.45, 7) is 7.21. The first-order valence-corrected chi connectivity index (χ1v) is 8.93. The molecule has 2 amide bonds. The lowest BCUT2D eigenvalue weighted by molar-refractivity contribution is -0.141. The van der Waals surface area contributed by atoms with Crippen LogP contribution >= 0.6 is 0 Å². The molecule has 0 saturated heterocycles. The smallest absolute Gasteiger partial charge is 0.238 e. The summed E-state index contributed by atoms with van der Waals surface area (Å²) in [5.74, 6) is -0.761. The Hall–Kier alpha value is -2.19. The van der Waals surface area contributed by atoms with Gasteiger partial charge >= 0.3 is 0 Å². The Kier molecular flexibility index (Phi) is 6.68. The number of carbonyl (C=O) groups is 2. The van der Waals surface area contributed by atoms with Gasteiger partial charge in [-0.15, -0.1) is 6.58 Å². The van der Waals surface area contributed by atoms with Gasteiger partial charge in [-0.25, -0.2) is 13.6 Å². The van der Waals surface area contributed by atoms with Crippen molar-refractivity contribution in [3.8, 4) is 0 Å². The van der Waals surface area contributed by atoms with Gasteiger partial charge in [0.2, 0.25) is 21.8 Å². The summed E-state index contributed by atoms with van der Waals surface area (Å²) >= 11 is 0. The summed E-state index contributed by atoms with van der Waals surface area (Å²) < 4.78 is 22.3. The summed E-state index contributed by atoms with van der Waals surface area (Å²) in [7, 11) is -3.71. The van der Waals surface area contributed by atoms with E-state index in [0.29, 0.717) is 19.5 Å². The summed E-state index contributed by atoms with van der Waals surface area (Å²) in [6, 6.07) is 6.10. The minimum Gasteiger partial charge on any atom is -0.355 e. The summed E-state index contributed by atoms with van der Waals surface area (Å²) in [5.41, 5.74) is -0.350. The molecular formula is C16H23N3O4S. The van der Waals surface area contributed by atoms with Crippen LogP contribution in [0.2, 0.25) is 0 Å². The molecule has 24 heavy (non-hydrogen) atoms. The van der Waals surface area contributed by atoms with Crippen LogP contribution in [-0.4, -0.2) is 33.3 Å². The fraction of sp³-hybridized carbons (Fsp3) is 0.375. The number of benzene rings is 1. The van der Waals surface area contributed by atoms with E-state index in [2.05, 4.69) is 17.2 Å². The fourth-order valence-electron chi connectivity index (χ4n) is 1.88. The molecular weight excluding hydrogens is 330 g/mol. The van der Waals surface area contributed by atoms with Gasteiger partial charge in [0.15, 0.2) is 0 Å². The lowest BCUT2D eigenvalue weighted by Gasteiger charge is -2.22. The molecule has 0 spiro atoms. The van der Waals surface area contributed by atoms with E-state index in [0.717, 1.165) is 5.56 Å². The number of primary sulfonamides is 1. The van der Waals surface area contributed by atoms with E-state index < -0.39 is 15.4 Å². The number of hydrogen-bond acceptors (Lipinski definition) is 4. The predicted molar refractivity (Wildman–Crippen MR) is 91.5 cm³/mol. The van der Waals surface area contributed by atoms with Crippen LogP contribution in [0.25, 0.3) is 0 Å². The van der Waals surface area contributed by atoms with Gasteiger partial charge in [0.05, 0.1) is 4.90 Å². The van der Waals surface area contributed by atoms with E-state index in [9.17, 15) is 18.0 Å². The minimum absolute atomic E-state index is 0.0373. The highest BCUT2D eigenvalue weighted by atomic mass is 32.2. The highest BCUT2D eigenvalue weighted by Crippen LogP contribution is 2.15. The van der Waals surface area contributed by atoms with E-state index in [-0.39, 0.29) is 16.7 Å². The molecule has 0 atom stereocenters. The summed E-state index contributed by atoms with van der Waals surface area (Å²) in [6.07, 6.45) is 2.04. The third-order valence-corrected chi connectivity index (χ3v) is 4.42. The van der Waals surface area contributed by atoms with E-state index in [1.54, 1.807) is 26.0 Å². The standard InChI is InChI=1S/C16H23N3O4S/c1-4-10-18-14(20)16(2,3)15(21)19-11-9-12-5-7-13(8-6-12)24(17,22)23/h4-8H,1,9-11H2,2-3H3,(H,18,20)(H,19,21)(H2,17,22,23). The van der Waals surface area contributed by atoms with Crippen molar-refractivity contribution in [3.63, 3.8) is 0 Å². The average Bonchev–Trinajstić information content (AvgIpc) is 2.51. The summed E-state index contributed by atoms with van der Waals surface area (Å²) in [5, 5.41) is 10.3. The molecule has 0 aliphatic heterocycles. The van der Waals surface area contributed by atoms with Crippen LogP contribution in [0.3, 0.4) is 0 Å². The van der Waals surface area contributed by atoms with Crippen molar-refractivity contribution in [2.45, 2.75) is 25.2 Å². The highest BCUT2D eigenvalue weighted by molar-refractivity contribution is 7.89. The van der Waals surface area contributed by atoms with Crippen molar-refractivity contribution >= 4 is 21.8 Å². The van der Waals surface area contributed by atoms with Crippen LogP contribution in [-0.2, 0) is 26.0 Å². The molecule has 8 heteroatoms. The van der Waals surface area contributed by atoms with Crippen molar-refractivity contribution in [1.82, 2.24) is 10.6 Å². The molecule has 0 aromatic heterocycles. The van der Waals surface area contributed by atoms with Gasteiger partial charge in [-0.05, 0) is 38.0 Å². The molecule has 132 valence electrons. The third-order valence-electron chi connectivity index (χ3n) is 3.49. The van der Waals surface area contributed by atoms with Crippen LogP contribution in [0.5, 0.6) is 0 Å². The largest absolute Gasteiger partial charge is 0.355 e. The predicted octanol–water partition coefficient (Wildman–Crippen LogP) is 0.321. The van der Waals surface area contributed by atoms with Gasteiger partial charge in [0.25, 0.3) is 0 Å². The lowest BCUT2D eigenvalue weighted by atomic mass is 9.91. The maximum Gasteiger partial charge on any atom is 0.238 e. The average molecular weight is 353 g/mol. The Morgan fingerprint density at radius 2 is 1.71 bits per heavy atom. The monoisotopic (exact) mass is 353 g/mol. The molecule has 0 fully saturated rings. The summed E-state index contributed by atoms with van der Waals surface area (Å²) in [4.78, 5) is 24.1. The Morgan fingerprint density at radius 1 is 1.17 bits per heavy atom. The van der Waals surface area contributed by atoms with Crippen molar-refractivity contribution < 1.29 is 18.0 Å². The lowest BCUT2D eigenvalue weighted by Crippen LogP contribution is -2.48. The fourth-order valence-corrected chi connectivity index (χ4v) is 2.39. The zero-order valence-electron chi connectivity index (χ0n) is 13.8. The molecule has 0 aliphatic carbocycles. The minimum atomic E-state index is -3.71. The van der Waals surface area contributed by atoms with Gasteiger partial charge in [0, 0.05) is 13.1 Å². The van der Waals surface area contributed by atoms with Crippen molar-refractivity contribution in [1.29, 1.82) is 0 Å². The molecule has 0 saturated carbocycles. The second-order valence-electron chi connectivity index (χ2n) is 5.82. The first-order chi connectivity index (χ1) is 11.1. The molecule has 0 unspecified atom stereocenters. The van der Waals surface area contributed by atoms with Gasteiger partial charge in [-0.1, -0.05) is 18.2 Å². The number of nitrogens with two attached hydrogens (primary N) is 1. The molecule has 0 bridgehead atoms. The van der Waals surface area contributed by atoms with Crippen molar-refractivity contribution in [2.75, 3.05) is 13.1 Å². The van der Waals surface area contributed by atoms with Gasteiger partial charge in [0.1, 0.15) is 5.41 Å². The third kappa shape index (κ3) is 5.47. The first kappa shape index (κ1) is 19.9. The number of nitrogens with one attached hydrogen (secondary N) is 2. The van der Waals surface area contributed by atoms with Gasteiger partial charge < -0.3 is 10.6 Å². The van der Waals surface area contributed by atoms with Crippen LogP contribution in [0.4, 0.5) is 0 Å². The first-order valence-electron chi connectivity index (χ1n) is 7.38. The Balaban J connectivity index is 2.56. The molecule has 1 rings (SSSR count). The van der Waals surface area contributed by atoms with Crippen molar-refractivity contribution in [2.24, 2.45) is 10.6 Å². The zero-order valence-corrected chi connectivity index (χ0v) is 14.7. The SMILES string of the molecule is C=CCNC(=O)C(C)(C)C(=O)NCCc1ccc(S(N)(=O)=O)cc1. The topological polar surface area (TPSA) is 118 Å². The Labute approximate surface area is 142 Å².